The number of amides is 2. The molecule has 78 heavy (non-hydrogen) atoms. The molecule has 4 saturated heterocycles. The average Bonchev–Trinajstić information content (AvgIpc) is 4.47. The number of pyridine rings is 1. The number of alkyl halides is 2. The van der Waals surface area contributed by atoms with Crippen molar-refractivity contribution in [3.8, 4) is 34.4 Å². The van der Waals surface area contributed by atoms with E-state index in [1.54, 1.807) is 7.11 Å². The minimum absolute atomic E-state index is 0.0446. The third-order valence-electron chi connectivity index (χ3n) is 17.8. The van der Waals surface area contributed by atoms with Gasteiger partial charge in [-0.1, -0.05) is 45.6 Å². The predicted octanol–water partition coefficient (Wildman–Crippen LogP) is 7.58. The molecule has 3 aromatic heterocycles. The van der Waals surface area contributed by atoms with E-state index in [2.05, 4.69) is 75.9 Å². The first-order valence-electron chi connectivity index (χ1n) is 28.3. The van der Waals surface area contributed by atoms with Crippen LogP contribution in [0.4, 0.5) is 8.78 Å². The maximum atomic E-state index is 15.0. The molecule has 8 atom stereocenters. The van der Waals surface area contributed by atoms with Crippen LogP contribution < -0.4 is 10.7 Å². The minimum atomic E-state index is -2.87. The zero-order chi connectivity index (χ0) is 54.6. The summed E-state index contributed by atoms with van der Waals surface area (Å²) in [5.41, 5.74) is 9.08. The number of halogens is 2. The summed E-state index contributed by atoms with van der Waals surface area (Å²) in [6.07, 6.45) is 3.02. The lowest BCUT2D eigenvalue weighted by Gasteiger charge is -2.53. The number of benzene rings is 1. The first-order valence-corrected chi connectivity index (χ1v) is 29.2. The highest BCUT2D eigenvalue weighted by Gasteiger charge is 2.54. The molecule has 420 valence electrons. The highest BCUT2D eigenvalue weighted by atomic mass is 32.1. The fourth-order valence-corrected chi connectivity index (χ4v) is 13.4. The van der Waals surface area contributed by atoms with Crippen LogP contribution in [-0.4, -0.2) is 156 Å². The Hall–Kier alpha value is -4.91. The van der Waals surface area contributed by atoms with Gasteiger partial charge in [-0.2, -0.15) is 0 Å². The number of hydrogen-bond acceptors (Lipinski definition) is 14. The number of cyclic esters (lactones) is 1. The molecule has 2 N–H and O–H groups in total. The first kappa shape index (κ1) is 55.0. The smallest absolute Gasteiger partial charge is 0.325 e. The van der Waals surface area contributed by atoms with Crippen molar-refractivity contribution in [2.45, 2.75) is 148 Å². The zero-order valence-corrected chi connectivity index (χ0v) is 46.9. The van der Waals surface area contributed by atoms with E-state index in [4.69, 9.17) is 33.7 Å². The standard InChI is InChI=1S/C59H76F2N8O8S/c1-33(66-16-18-67(19-17-66)40-11-12-40)8-9-37-24-44(50(62-29-37)36(4)73-7)53-45-28-59(5,6)32-77-58(72)51-39-25-41(26-39)69(65-51)57(71)52(64-55(70)49-34(2)35(49)3)54(76-30-48(60)61)56-63-46(31-78-56)38-10-13-47(43(45)27-38)68(53)20-23-75-42-14-21-74-22-15-42/h10,13,24,27,29,31,33-36,39-42,48-49,51-52,54,65H,11-12,14-23,25-26,28,30,32H2,1-7H3,(H,64,70)/t33-,34-,35+,36+,39?,41?,49?,51+,52+,54+/m1/s1. The Balaban J connectivity index is 1.04. The molecule has 5 aliphatic heterocycles. The summed E-state index contributed by atoms with van der Waals surface area (Å²) in [6, 6.07) is 6.54. The van der Waals surface area contributed by atoms with Crippen LogP contribution in [0.1, 0.15) is 114 Å². The Labute approximate surface area is 460 Å². The van der Waals surface area contributed by atoms with Gasteiger partial charge < -0.3 is 33.6 Å². The van der Waals surface area contributed by atoms with Crippen LogP contribution in [0, 0.1) is 40.9 Å². The van der Waals surface area contributed by atoms with Crippen molar-refractivity contribution in [2.75, 3.05) is 66.3 Å². The van der Waals surface area contributed by atoms with Crippen LogP contribution in [0.25, 0.3) is 33.4 Å². The second kappa shape index (κ2) is 22.9. The molecule has 16 nitrogen and oxygen atoms in total. The number of aromatic nitrogens is 3. The zero-order valence-electron chi connectivity index (χ0n) is 46.1. The van der Waals surface area contributed by atoms with E-state index < -0.39 is 54.6 Å². The first-order chi connectivity index (χ1) is 37.5. The highest BCUT2D eigenvalue weighted by Crippen LogP contribution is 2.47. The number of fused-ring (bicyclic) bond motifs is 4. The Bertz CT molecular complexity index is 2910. The summed E-state index contributed by atoms with van der Waals surface area (Å²) in [5, 5.41) is 7.38. The normalized spacial score (nSPS) is 28.6. The molecule has 1 unspecified atom stereocenters. The number of piperazine rings is 1. The topological polar surface area (TPSA) is 162 Å². The third-order valence-corrected chi connectivity index (χ3v) is 18.7. The molecule has 1 aromatic carbocycles. The number of hydrogen-bond donors (Lipinski definition) is 2. The van der Waals surface area contributed by atoms with Crippen LogP contribution in [0.15, 0.2) is 35.8 Å². The van der Waals surface area contributed by atoms with Crippen LogP contribution in [0.3, 0.4) is 0 Å². The average molecular weight is 1100 g/mol. The molecule has 4 aromatic rings. The lowest BCUT2D eigenvalue weighted by molar-refractivity contribution is -0.173. The van der Waals surface area contributed by atoms with Gasteiger partial charge in [-0.25, -0.2) is 19.2 Å². The van der Waals surface area contributed by atoms with E-state index in [0.717, 1.165) is 89.6 Å². The number of rotatable bonds is 14. The third kappa shape index (κ3) is 11.5. The van der Waals surface area contributed by atoms with Gasteiger partial charge in [0.15, 0.2) is 0 Å². The summed E-state index contributed by atoms with van der Waals surface area (Å²) < 4.78 is 61.4. The van der Waals surface area contributed by atoms with Crippen molar-refractivity contribution in [3.63, 3.8) is 0 Å². The molecule has 0 spiro atoms. The second-order valence-electron chi connectivity index (χ2n) is 23.8. The molecule has 0 radical (unpaired) electrons. The van der Waals surface area contributed by atoms with Crippen LogP contribution in [-0.2, 0) is 51.0 Å². The molecule has 8 heterocycles. The van der Waals surface area contributed by atoms with E-state index in [1.165, 1.54) is 29.2 Å². The molecule has 7 fully saturated rings. The fraction of sp³-hybridized carbons (Fsp3) is 0.644. The van der Waals surface area contributed by atoms with Crippen molar-refractivity contribution in [3.05, 3.63) is 57.7 Å². The Kier molecular flexibility index (Phi) is 16.2. The Morgan fingerprint density at radius 3 is 2.47 bits per heavy atom. The number of esters is 1. The fourth-order valence-electron chi connectivity index (χ4n) is 12.5. The minimum Gasteiger partial charge on any atom is -0.464 e. The highest BCUT2D eigenvalue weighted by molar-refractivity contribution is 7.10. The van der Waals surface area contributed by atoms with E-state index in [0.29, 0.717) is 51.3 Å². The molecule has 3 saturated carbocycles. The van der Waals surface area contributed by atoms with Crippen molar-refractivity contribution in [1.82, 2.24) is 40.1 Å². The lowest BCUT2D eigenvalue weighted by atomic mass is 9.73. The van der Waals surface area contributed by atoms with Crippen molar-refractivity contribution in [2.24, 2.45) is 29.1 Å². The number of ether oxygens (including phenoxy) is 5. The maximum absolute atomic E-state index is 15.0. The predicted molar refractivity (Wildman–Crippen MR) is 291 cm³/mol. The van der Waals surface area contributed by atoms with Crippen molar-refractivity contribution >= 4 is 40.0 Å². The quantitative estimate of drug-likeness (QED) is 0.0941. The van der Waals surface area contributed by atoms with E-state index in [1.807, 2.05) is 38.4 Å². The molecule has 12 rings (SSSR count). The Morgan fingerprint density at radius 1 is 1.01 bits per heavy atom. The van der Waals surface area contributed by atoms with Gasteiger partial charge in [0.2, 0.25) is 5.91 Å². The molecular weight excluding hydrogens is 1020 g/mol. The van der Waals surface area contributed by atoms with Gasteiger partial charge in [-0.3, -0.25) is 34.2 Å². The monoisotopic (exact) mass is 1090 g/mol. The van der Waals surface area contributed by atoms with Crippen LogP contribution in [0.2, 0.25) is 0 Å². The number of hydrazine groups is 1. The Morgan fingerprint density at radius 2 is 1.77 bits per heavy atom. The number of thiazole rings is 1. The van der Waals surface area contributed by atoms with Crippen LogP contribution >= 0.6 is 11.3 Å². The number of methoxy groups -OCH3 is 1. The van der Waals surface area contributed by atoms with Gasteiger partial charge in [0.25, 0.3) is 12.3 Å². The summed E-state index contributed by atoms with van der Waals surface area (Å²) in [6.45, 7) is 17.7. The molecule has 2 amide bonds. The van der Waals surface area contributed by atoms with Gasteiger partial charge in [0.05, 0.1) is 48.5 Å². The van der Waals surface area contributed by atoms with Crippen LogP contribution in [0.5, 0.6) is 0 Å². The van der Waals surface area contributed by atoms with Crippen molar-refractivity contribution in [1.29, 1.82) is 0 Å². The maximum Gasteiger partial charge on any atom is 0.325 e. The van der Waals surface area contributed by atoms with Gasteiger partial charge in [-0.05, 0) is 100 Å². The summed E-state index contributed by atoms with van der Waals surface area (Å²) >= 11 is 1.18. The number of carbonyl (C=O) groups excluding carboxylic acids is 3. The largest absolute Gasteiger partial charge is 0.464 e. The number of nitrogens with one attached hydrogen (secondary N) is 2. The summed E-state index contributed by atoms with van der Waals surface area (Å²) in [4.78, 5) is 58.7. The van der Waals surface area contributed by atoms with Gasteiger partial charge in [0.1, 0.15) is 29.8 Å². The van der Waals surface area contributed by atoms with E-state index in [9.17, 15) is 18.4 Å². The summed E-state index contributed by atoms with van der Waals surface area (Å²) in [7, 11) is 1.69. The molecule has 19 heteroatoms. The van der Waals surface area contributed by atoms with Crippen molar-refractivity contribution < 1.29 is 46.8 Å². The lowest BCUT2D eigenvalue weighted by Crippen LogP contribution is -2.72. The van der Waals surface area contributed by atoms with E-state index >= 15 is 4.79 Å². The molecular formula is C59H76F2N8O8S. The SMILES string of the molecule is CO[C@@H](C)c1ncc(C#C[C@@H](C)N2CCN(C3CC3)CC2)cc1-c1c2c3cc(ccc3n1CCOC1CCOCC1)-c1csc(n1)[C@@H](OCC(F)F)[C@H](NC(=O)C1[C@@H](C)[C@H]1C)C(=O)N1N[C@H](C(=O)OCC(C)(C)C2)C2CC1C2. The second-order valence-corrected chi connectivity index (χ2v) is 24.7. The number of nitrogens with zero attached hydrogens (tertiary/aromatic N) is 6. The van der Waals surface area contributed by atoms with Gasteiger partial charge in [-0.15, -0.1) is 11.3 Å². The van der Waals surface area contributed by atoms with E-state index in [-0.39, 0.29) is 59.4 Å². The molecule has 3 aliphatic carbocycles. The van der Waals surface area contributed by atoms with Gasteiger partial charge >= 0.3 is 5.97 Å². The molecule has 8 aliphatic rings. The molecule has 8 bridgehead atoms. The summed E-state index contributed by atoms with van der Waals surface area (Å²) in [5.74, 6) is 5.35. The number of carbonyl (C=O) groups is 3. The van der Waals surface area contributed by atoms with Gasteiger partial charge in [0, 0.05) is 116 Å².